The Hall–Kier alpha value is 0.354. The highest BCUT2D eigenvalue weighted by molar-refractivity contribution is 6.69. The van der Waals surface area contributed by atoms with Gasteiger partial charge in [0.15, 0.2) is 9.12 Å². The minimum Gasteiger partial charge on any atom is -0.336 e. The van der Waals surface area contributed by atoms with Gasteiger partial charge >= 0.3 is 0 Å². The Morgan fingerprint density at radius 2 is 1.42 bits per heavy atom. The van der Waals surface area contributed by atoms with Gasteiger partial charge in [0.05, 0.1) is 8.96 Å². The first kappa shape index (κ1) is 12.4. The standard InChI is InChI=1S/C8H24N2Si2/c1-8(2)10(11(5)6)12(7)9(3)4/h8,11-12H,1-7H3. The predicted octanol–water partition coefficient (Wildman–Crippen LogP) is 1.09. The summed E-state index contributed by atoms with van der Waals surface area (Å²) in [6.45, 7) is 11.9. The number of rotatable bonds is 4. The lowest BCUT2D eigenvalue weighted by molar-refractivity contribution is 0.472. The van der Waals surface area contributed by atoms with Crippen molar-refractivity contribution < 1.29 is 0 Å². The predicted molar refractivity (Wildman–Crippen MR) is 62.6 cm³/mol. The van der Waals surface area contributed by atoms with Gasteiger partial charge in [-0.15, -0.1) is 0 Å². The molecular formula is C8H24N2Si2. The fourth-order valence-electron chi connectivity index (χ4n) is 1.73. The van der Waals surface area contributed by atoms with Crippen LogP contribution in [0.5, 0.6) is 0 Å². The summed E-state index contributed by atoms with van der Waals surface area (Å²) in [6.07, 6.45) is 0. The van der Waals surface area contributed by atoms with E-state index in [9.17, 15) is 0 Å². The number of hydrogen-bond acceptors (Lipinski definition) is 2. The quantitative estimate of drug-likeness (QED) is 0.633. The highest BCUT2D eigenvalue weighted by Gasteiger charge is 2.23. The van der Waals surface area contributed by atoms with Gasteiger partial charge in [-0.2, -0.15) is 0 Å². The van der Waals surface area contributed by atoms with Gasteiger partial charge < -0.3 is 8.80 Å². The lowest BCUT2D eigenvalue weighted by atomic mass is 10.4. The Bertz CT molecular complexity index is 118. The molecule has 0 aliphatic heterocycles. The van der Waals surface area contributed by atoms with E-state index in [1.165, 1.54) is 0 Å². The smallest absolute Gasteiger partial charge is 0.179 e. The third-order valence-electron chi connectivity index (χ3n) is 2.37. The second-order valence-electron chi connectivity index (χ2n) is 4.23. The van der Waals surface area contributed by atoms with Crippen molar-refractivity contribution in [2.24, 2.45) is 0 Å². The lowest BCUT2D eigenvalue weighted by Gasteiger charge is -2.38. The van der Waals surface area contributed by atoms with Crippen LogP contribution in [-0.4, -0.2) is 47.0 Å². The van der Waals surface area contributed by atoms with Gasteiger partial charge in [-0.1, -0.05) is 26.9 Å². The van der Waals surface area contributed by atoms with Crippen molar-refractivity contribution in [1.82, 2.24) is 8.80 Å². The Balaban J connectivity index is 4.30. The topological polar surface area (TPSA) is 6.48 Å². The van der Waals surface area contributed by atoms with Crippen LogP contribution in [-0.2, 0) is 0 Å². The van der Waals surface area contributed by atoms with E-state index in [1.54, 1.807) is 0 Å². The minimum absolute atomic E-state index is 0.604. The molecule has 0 spiro atoms. The van der Waals surface area contributed by atoms with E-state index in [0.29, 0.717) is 0 Å². The van der Waals surface area contributed by atoms with Gasteiger partial charge in [-0.05, 0) is 26.7 Å². The molecule has 0 amide bonds. The second kappa shape index (κ2) is 5.16. The van der Waals surface area contributed by atoms with Crippen molar-refractivity contribution in [3.8, 4) is 0 Å². The van der Waals surface area contributed by atoms with E-state index in [1.807, 2.05) is 0 Å². The first-order chi connectivity index (χ1) is 5.37. The molecule has 1 unspecified atom stereocenters. The third-order valence-corrected chi connectivity index (χ3v) is 10.2. The van der Waals surface area contributed by atoms with Crippen LogP contribution in [0.25, 0.3) is 0 Å². The molecule has 0 aliphatic rings. The van der Waals surface area contributed by atoms with Crippen molar-refractivity contribution >= 4 is 18.1 Å². The molecule has 0 aliphatic carbocycles. The van der Waals surface area contributed by atoms with E-state index in [-0.39, 0.29) is 0 Å². The van der Waals surface area contributed by atoms with E-state index in [4.69, 9.17) is 0 Å². The van der Waals surface area contributed by atoms with Crippen LogP contribution in [0.4, 0.5) is 0 Å². The van der Waals surface area contributed by atoms with Crippen LogP contribution < -0.4 is 0 Å². The highest BCUT2D eigenvalue weighted by Crippen LogP contribution is 2.06. The molecule has 0 aromatic rings. The molecule has 0 saturated carbocycles. The van der Waals surface area contributed by atoms with Gasteiger partial charge in [-0.3, -0.25) is 0 Å². The molecule has 4 heteroatoms. The Labute approximate surface area is 81.0 Å². The van der Waals surface area contributed by atoms with Crippen LogP contribution in [0.3, 0.4) is 0 Å². The van der Waals surface area contributed by atoms with E-state index >= 15 is 0 Å². The molecule has 0 bridgehead atoms. The lowest BCUT2D eigenvalue weighted by Crippen LogP contribution is -2.55. The van der Waals surface area contributed by atoms with Crippen LogP contribution in [0.15, 0.2) is 0 Å². The summed E-state index contributed by atoms with van der Waals surface area (Å²) in [7, 11) is 3.04. The van der Waals surface area contributed by atoms with Crippen molar-refractivity contribution in [3.05, 3.63) is 0 Å². The summed E-state index contributed by atoms with van der Waals surface area (Å²) < 4.78 is 5.20. The molecular weight excluding hydrogens is 180 g/mol. The van der Waals surface area contributed by atoms with Gasteiger partial charge in [0, 0.05) is 0 Å². The Morgan fingerprint density at radius 1 is 1.00 bits per heavy atom. The molecule has 0 fully saturated rings. The molecule has 0 heterocycles. The summed E-state index contributed by atoms with van der Waals surface area (Å²) in [5.74, 6) is 0. The minimum atomic E-state index is -0.778. The van der Waals surface area contributed by atoms with Crippen LogP contribution in [0, 0.1) is 0 Å². The van der Waals surface area contributed by atoms with Gasteiger partial charge in [0.2, 0.25) is 0 Å². The largest absolute Gasteiger partial charge is 0.336 e. The van der Waals surface area contributed by atoms with Gasteiger partial charge in [0.1, 0.15) is 0 Å². The SMILES string of the molecule is CC(C)N([SiH](C)C)[SiH](C)N(C)C. The molecule has 12 heavy (non-hydrogen) atoms. The maximum Gasteiger partial charge on any atom is 0.179 e. The van der Waals surface area contributed by atoms with Crippen LogP contribution in [0.2, 0.25) is 19.6 Å². The summed E-state index contributed by atoms with van der Waals surface area (Å²) in [5, 5.41) is 0. The van der Waals surface area contributed by atoms with Crippen molar-refractivity contribution in [2.45, 2.75) is 39.5 Å². The molecule has 0 aromatic heterocycles. The van der Waals surface area contributed by atoms with E-state index in [2.05, 4.69) is 56.4 Å². The van der Waals surface area contributed by atoms with Gasteiger partial charge in [0.25, 0.3) is 0 Å². The molecule has 0 saturated heterocycles. The molecule has 0 N–H and O–H groups in total. The number of nitrogens with zero attached hydrogens (tertiary/aromatic N) is 2. The Morgan fingerprint density at radius 3 is 1.50 bits per heavy atom. The summed E-state index contributed by atoms with van der Waals surface area (Å²) in [6, 6.07) is 0.737. The first-order valence-corrected chi connectivity index (χ1v) is 9.83. The van der Waals surface area contributed by atoms with Gasteiger partial charge in [-0.25, -0.2) is 0 Å². The fraction of sp³-hybridized carbons (Fsp3) is 1.00. The first-order valence-electron chi connectivity index (χ1n) is 4.81. The number of hydrogen-bond donors (Lipinski definition) is 0. The molecule has 74 valence electrons. The highest BCUT2D eigenvalue weighted by atomic mass is 28.4. The maximum absolute atomic E-state index is 2.78. The molecule has 0 radical (unpaired) electrons. The zero-order valence-electron chi connectivity index (χ0n) is 9.63. The average molecular weight is 204 g/mol. The van der Waals surface area contributed by atoms with Crippen molar-refractivity contribution in [3.63, 3.8) is 0 Å². The zero-order valence-corrected chi connectivity index (χ0v) is 11.9. The molecule has 0 aromatic carbocycles. The van der Waals surface area contributed by atoms with Crippen molar-refractivity contribution in [1.29, 1.82) is 0 Å². The maximum atomic E-state index is 2.78. The summed E-state index contributed by atoms with van der Waals surface area (Å²) >= 11 is 0. The average Bonchev–Trinajstić information content (AvgIpc) is 1.85. The summed E-state index contributed by atoms with van der Waals surface area (Å²) in [5.41, 5.74) is 0. The fourth-order valence-corrected chi connectivity index (χ4v) is 8.57. The molecule has 2 nitrogen and oxygen atoms in total. The van der Waals surface area contributed by atoms with E-state index < -0.39 is 18.1 Å². The van der Waals surface area contributed by atoms with Crippen LogP contribution in [0.1, 0.15) is 13.8 Å². The summed E-state index contributed by atoms with van der Waals surface area (Å²) in [4.78, 5) is 0. The van der Waals surface area contributed by atoms with Crippen molar-refractivity contribution in [2.75, 3.05) is 14.1 Å². The molecule has 1 atom stereocenters. The monoisotopic (exact) mass is 204 g/mol. The third kappa shape index (κ3) is 3.39. The second-order valence-corrected chi connectivity index (χ2v) is 10.5. The zero-order chi connectivity index (χ0) is 9.89. The Kier molecular flexibility index (Phi) is 5.32. The molecule has 0 rings (SSSR count). The van der Waals surface area contributed by atoms with E-state index in [0.717, 1.165) is 6.04 Å². The normalized spacial score (nSPS) is 15.2. The van der Waals surface area contributed by atoms with Crippen LogP contribution >= 0.6 is 0 Å².